The Hall–Kier alpha value is -2.56. The summed E-state index contributed by atoms with van der Waals surface area (Å²) in [5, 5.41) is 10.7. The Morgan fingerprint density at radius 3 is 2.50 bits per heavy atom. The van der Waals surface area contributed by atoms with Crippen molar-refractivity contribution in [2.45, 2.75) is 103 Å². The Labute approximate surface area is 236 Å². The molecule has 5 rings (SSSR count). The van der Waals surface area contributed by atoms with Crippen molar-refractivity contribution in [1.82, 2.24) is 14.8 Å². The first-order valence-electron chi connectivity index (χ1n) is 14.0. The first kappa shape index (κ1) is 28.9. The van der Waals surface area contributed by atoms with E-state index in [9.17, 15) is 8.78 Å². The molecule has 2 aliphatic carbocycles. The van der Waals surface area contributed by atoms with Crippen LogP contribution in [0.5, 0.6) is 11.5 Å². The van der Waals surface area contributed by atoms with Gasteiger partial charge in [-0.05, 0) is 87.3 Å². The van der Waals surface area contributed by atoms with Gasteiger partial charge in [0.05, 0.1) is 11.3 Å². The van der Waals surface area contributed by atoms with Gasteiger partial charge in [0.15, 0.2) is 20.8 Å². The molecule has 0 unspecified atom stereocenters. The van der Waals surface area contributed by atoms with Crippen LogP contribution < -0.4 is 9.47 Å². The van der Waals surface area contributed by atoms with Crippen LogP contribution in [-0.2, 0) is 22.0 Å². The molecule has 0 radical (unpaired) electrons. The lowest BCUT2D eigenvalue weighted by Gasteiger charge is -2.52. The largest absolute Gasteiger partial charge is 0.467 e. The van der Waals surface area contributed by atoms with E-state index in [4.69, 9.17) is 19.0 Å². The second kappa shape index (κ2) is 10.4. The molecule has 7 nitrogen and oxygen atoms in total. The van der Waals surface area contributed by atoms with E-state index in [0.717, 1.165) is 43.1 Å². The van der Waals surface area contributed by atoms with E-state index in [1.807, 2.05) is 6.92 Å². The summed E-state index contributed by atoms with van der Waals surface area (Å²) in [4.78, 5) is 0. The van der Waals surface area contributed by atoms with Crippen molar-refractivity contribution in [3.63, 3.8) is 0 Å². The Morgan fingerprint density at radius 1 is 1.12 bits per heavy atom. The van der Waals surface area contributed by atoms with Gasteiger partial charge in [0, 0.05) is 35.9 Å². The molecule has 0 spiro atoms. The van der Waals surface area contributed by atoms with Crippen LogP contribution in [0.1, 0.15) is 69.8 Å². The van der Waals surface area contributed by atoms with Crippen molar-refractivity contribution in [2.24, 2.45) is 0 Å². The highest BCUT2D eigenvalue weighted by Crippen LogP contribution is 2.51. The molecule has 0 bridgehead atoms. The molecule has 2 aliphatic rings. The summed E-state index contributed by atoms with van der Waals surface area (Å²) >= 11 is 0. The van der Waals surface area contributed by atoms with E-state index >= 15 is 0 Å². The van der Waals surface area contributed by atoms with Gasteiger partial charge in [-0.15, -0.1) is 10.2 Å². The molecule has 40 heavy (non-hydrogen) atoms. The maximum Gasteiger partial charge on any atom is 0.387 e. The Morgan fingerprint density at radius 2 is 1.85 bits per heavy atom. The molecule has 218 valence electrons. The van der Waals surface area contributed by atoms with Crippen LogP contribution in [0.4, 0.5) is 8.78 Å². The minimum Gasteiger partial charge on any atom is -0.467 e. The quantitative estimate of drug-likeness (QED) is 0.194. The van der Waals surface area contributed by atoms with Crippen molar-refractivity contribution in [3.8, 4) is 22.8 Å². The maximum absolute atomic E-state index is 12.9. The Balaban J connectivity index is 1.50. The first-order valence-corrected chi connectivity index (χ1v) is 16.9. The highest BCUT2D eigenvalue weighted by atomic mass is 28.4. The van der Waals surface area contributed by atoms with Gasteiger partial charge < -0.3 is 23.2 Å². The number of alkyl halides is 2. The van der Waals surface area contributed by atoms with Gasteiger partial charge in [0.2, 0.25) is 0 Å². The molecule has 0 amide bonds. The van der Waals surface area contributed by atoms with Crippen molar-refractivity contribution in [3.05, 3.63) is 35.0 Å². The summed E-state index contributed by atoms with van der Waals surface area (Å²) < 4.78 is 50.6. The van der Waals surface area contributed by atoms with Crippen molar-refractivity contribution in [1.29, 1.82) is 0 Å². The number of hydrogen-bond donors (Lipinski definition) is 0. The molecule has 0 saturated heterocycles. The van der Waals surface area contributed by atoms with Gasteiger partial charge >= 0.3 is 6.61 Å². The number of aromatic nitrogens is 3. The first-order chi connectivity index (χ1) is 18.7. The standard InChI is InChI=1S/C30H41F2N3O4Si/c1-18-12-20(38-28(31)32)13-25(37-17-36-6)26(18)23-14-22-21-10-9-11-24(21)35(27(22)34-33-23)19-15-30(5,16-19)39-40(7,8)29(2,3)4/h12-14,19,28H,9-11,15-17H2,1-8H3. The molecule has 0 aliphatic heterocycles. The van der Waals surface area contributed by atoms with Crippen molar-refractivity contribution < 1.29 is 27.4 Å². The van der Waals surface area contributed by atoms with Gasteiger partial charge in [-0.1, -0.05) is 20.8 Å². The summed E-state index contributed by atoms with van der Waals surface area (Å²) in [6.07, 6.45) is 5.06. The van der Waals surface area contributed by atoms with E-state index < -0.39 is 14.9 Å². The number of rotatable bonds is 9. The molecule has 2 aromatic heterocycles. The van der Waals surface area contributed by atoms with Crippen LogP contribution in [0, 0.1) is 6.92 Å². The molecule has 2 heterocycles. The van der Waals surface area contributed by atoms with Gasteiger partial charge in [-0.3, -0.25) is 0 Å². The summed E-state index contributed by atoms with van der Waals surface area (Å²) in [5.41, 5.74) is 5.48. The third-order valence-electron chi connectivity index (χ3n) is 8.90. The second-order valence-corrected chi connectivity index (χ2v) is 17.8. The van der Waals surface area contributed by atoms with E-state index in [0.29, 0.717) is 28.6 Å². The lowest BCUT2D eigenvalue weighted by atomic mass is 9.77. The zero-order chi connectivity index (χ0) is 29.0. The topological polar surface area (TPSA) is 67.6 Å². The molecule has 3 aromatic rings. The van der Waals surface area contributed by atoms with E-state index in [-0.39, 0.29) is 23.2 Å². The van der Waals surface area contributed by atoms with E-state index in [2.05, 4.69) is 61.3 Å². The average molecular weight is 574 g/mol. The SMILES string of the molecule is COCOc1cc(OC(F)F)cc(C)c1-c1cc2c3c(n(C4CC(C)(O[Si](C)(C)C(C)(C)C)C4)c2nn1)CCC3. The molecule has 1 aromatic carbocycles. The van der Waals surface area contributed by atoms with E-state index in [1.165, 1.54) is 24.4 Å². The van der Waals surface area contributed by atoms with Crippen LogP contribution in [0.15, 0.2) is 18.2 Å². The number of aryl methyl sites for hydroxylation is 2. The molecule has 0 atom stereocenters. The molecular formula is C30H41F2N3O4Si. The number of ether oxygens (including phenoxy) is 3. The van der Waals surface area contributed by atoms with Crippen molar-refractivity contribution >= 4 is 19.4 Å². The molecule has 0 N–H and O–H groups in total. The van der Waals surface area contributed by atoms with Crippen LogP contribution in [0.25, 0.3) is 22.3 Å². The second-order valence-electron chi connectivity index (χ2n) is 13.0. The molecule has 1 saturated carbocycles. The summed E-state index contributed by atoms with van der Waals surface area (Å²) in [6.45, 7) is 12.6. The zero-order valence-electron chi connectivity index (χ0n) is 24.9. The highest BCUT2D eigenvalue weighted by Gasteiger charge is 2.50. The normalized spacial score (nSPS) is 21.1. The lowest BCUT2D eigenvalue weighted by Crippen LogP contribution is -2.54. The third kappa shape index (κ3) is 5.25. The van der Waals surface area contributed by atoms with Gasteiger partial charge in [-0.25, -0.2) is 0 Å². The predicted octanol–water partition coefficient (Wildman–Crippen LogP) is 7.59. The number of nitrogens with zero attached hydrogens (tertiary/aromatic N) is 3. The number of halogens is 2. The van der Waals surface area contributed by atoms with Gasteiger partial charge in [-0.2, -0.15) is 8.78 Å². The lowest BCUT2D eigenvalue weighted by molar-refractivity contribution is -0.0501. The van der Waals surface area contributed by atoms with Crippen LogP contribution in [0.2, 0.25) is 18.1 Å². The fraction of sp³-hybridized carbons (Fsp3) is 0.600. The third-order valence-corrected chi connectivity index (χ3v) is 13.5. The van der Waals surface area contributed by atoms with Crippen LogP contribution in [0.3, 0.4) is 0 Å². The Bertz CT molecular complexity index is 1410. The fourth-order valence-electron chi connectivity index (χ4n) is 6.14. The van der Waals surface area contributed by atoms with Gasteiger partial charge in [0.1, 0.15) is 11.5 Å². The minimum absolute atomic E-state index is 0.0244. The van der Waals surface area contributed by atoms with Gasteiger partial charge in [0.25, 0.3) is 0 Å². The number of methoxy groups -OCH3 is 1. The molecule has 10 heteroatoms. The maximum atomic E-state index is 12.9. The summed E-state index contributed by atoms with van der Waals surface area (Å²) in [6, 6.07) is 5.42. The van der Waals surface area contributed by atoms with Crippen LogP contribution >= 0.6 is 0 Å². The molecule has 1 fully saturated rings. The summed E-state index contributed by atoms with van der Waals surface area (Å²) in [7, 11) is -0.379. The summed E-state index contributed by atoms with van der Waals surface area (Å²) in [5.74, 6) is 0.385. The molecular weight excluding hydrogens is 532 g/mol. The van der Waals surface area contributed by atoms with Crippen LogP contribution in [-0.4, -0.2) is 49.2 Å². The zero-order valence-corrected chi connectivity index (χ0v) is 25.9. The number of hydrogen-bond acceptors (Lipinski definition) is 6. The fourth-order valence-corrected chi connectivity index (χ4v) is 7.85. The number of fused-ring (bicyclic) bond motifs is 3. The number of benzene rings is 1. The highest BCUT2D eigenvalue weighted by molar-refractivity contribution is 6.74. The average Bonchev–Trinajstić information content (AvgIpc) is 3.40. The smallest absolute Gasteiger partial charge is 0.387 e. The Kier molecular flexibility index (Phi) is 7.50. The minimum atomic E-state index is -2.93. The predicted molar refractivity (Wildman–Crippen MR) is 154 cm³/mol. The van der Waals surface area contributed by atoms with Crippen molar-refractivity contribution in [2.75, 3.05) is 13.9 Å². The van der Waals surface area contributed by atoms with E-state index in [1.54, 1.807) is 6.07 Å². The monoisotopic (exact) mass is 573 g/mol.